The van der Waals surface area contributed by atoms with E-state index < -0.39 is 0 Å². The standard InChI is InChI=1S/C27H24O3/c1-4-30-27(28)25-17-13-22(14-18-25)10-9-21-11-15-24(16-12-21)26(29-3)19-23-7-5-20(2)6-8-23/h5-8,11-19H,4H2,1-3H3/b26-19-. The van der Waals surface area contributed by atoms with Gasteiger partial charge >= 0.3 is 5.97 Å². The molecule has 0 amide bonds. The van der Waals surface area contributed by atoms with Crippen LogP contribution in [-0.2, 0) is 9.47 Å². The van der Waals surface area contributed by atoms with E-state index in [4.69, 9.17) is 9.47 Å². The van der Waals surface area contributed by atoms with Crippen LogP contribution in [0.5, 0.6) is 0 Å². The zero-order valence-electron chi connectivity index (χ0n) is 17.4. The molecule has 0 saturated heterocycles. The first-order valence-electron chi connectivity index (χ1n) is 9.81. The third kappa shape index (κ3) is 5.62. The molecule has 0 bridgehead atoms. The van der Waals surface area contributed by atoms with Gasteiger partial charge in [0, 0.05) is 16.7 Å². The van der Waals surface area contributed by atoms with Gasteiger partial charge in [-0.2, -0.15) is 0 Å². The molecule has 3 heteroatoms. The highest BCUT2D eigenvalue weighted by Gasteiger charge is 2.05. The van der Waals surface area contributed by atoms with E-state index in [-0.39, 0.29) is 5.97 Å². The second-order valence-electron chi connectivity index (χ2n) is 6.75. The van der Waals surface area contributed by atoms with Crippen molar-refractivity contribution in [3.63, 3.8) is 0 Å². The maximum Gasteiger partial charge on any atom is 0.338 e. The smallest absolute Gasteiger partial charge is 0.338 e. The summed E-state index contributed by atoms with van der Waals surface area (Å²) in [5.74, 6) is 6.75. The molecular formula is C27H24O3. The Morgan fingerprint density at radius 2 is 1.37 bits per heavy atom. The van der Waals surface area contributed by atoms with Crippen molar-refractivity contribution < 1.29 is 14.3 Å². The first-order valence-corrected chi connectivity index (χ1v) is 9.81. The predicted octanol–water partition coefficient (Wildman–Crippen LogP) is 5.72. The topological polar surface area (TPSA) is 35.5 Å². The molecule has 3 aromatic rings. The van der Waals surface area contributed by atoms with Crippen LogP contribution in [-0.4, -0.2) is 19.7 Å². The van der Waals surface area contributed by atoms with Crippen molar-refractivity contribution in [2.24, 2.45) is 0 Å². The van der Waals surface area contributed by atoms with E-state index in [2.05, 4.69) is 43.0 Å². The van der Waals surface area contributed by atoms with Gasteiger partial charge in [-0.25, -0.2) is 4.79 Å². The summed E-state index contributed by atoms with van der Waals surface area (Å²) in [4.78, 5) is 11.7. The van der Waals surface area contributed by atoms with Gasteiger partial charge in [0.25, 0.3) is 0 Å². The highest BCUT2D eigenvalue weighted by Crippen LogP contribution is 2.20. The van der Waals surface area contributed by atoms with Gasteiger partial charge in [0.2, 0.25) is 0 Å². The Bertz CT molecular complexity index is 1080. The SMILES string of the molecule is CCOC(=O)c1ccc(C#Cc2ccc(/C(=C/c3ccc(C)cc3)OC)cc2)cc1. The first kappa shape index (κ1) is 21.0. The lowest BCUT2D eigenvalue weighted by Gasteiger charge is -2.07. The number of carbonyl (C=O) groups excluding carboxylic acids is 1. The molecule has 0 aromatic heterocycles. The van der Waals surface area contributed by atoms with Gasteiger partial charge in [-0.3, -0.25) is 0 Å². The van der Waals surface area contributed by atoms with Gasteiger partial charge in [-0.1, -0.05) is 53.8 Å². The van der Waals surface area contributed by atoms with E-state index >= 15 is 0 Å². The fraction of sp³-hybridized carbons (Fsp3) is 0.148. The lowest BCUT2D eigenvalue weighted by Crippen LogP contribution is -2.04. The number of hydrogen-bond donors (Lipinski definition) is 0. The summed E-state index contributed by atoms with van der Waals surface area (Å²) < 4.78 is 10.6. The molecule has 0 fully saturated rings. The van der Waals surface area contributed by atoms with Crippen molar-refractivity contribution in [2.45, 2.75) is 13.8 Å². The molecule has 0 heterocycles. The molecular weight excluding hydrogens is 372 g/mol. The number of methoxy groups -OCH3 is 1. The minimum atomic E-state index is -0.319. The van der Waals surface area contributed by atoms with Crippen LogP contribution in [0.25, 0.3) is 11.8 Å². The Kier molecular flexibility index (Phi) is 7.08. The first-order chi connectivity index (χ1) is 14.6. The molecule has 150 valence electrons. The fourth-order valence-electron chi connectivity index (χ4n) is 2.84. The van der Waals surface area contributed by atoms with Crippen molar-refractivity contribution in [3.8, 4) is 11.8 Å². The molecule has 0 atom stereocenters. The molecule has 0 radical (unpaired) electrons. The van der Waals surface area contributed by atoms with Crippen LogP contribution in [0.1, 0.15) is 45.1 Å². The number of aryl methyl sites for hydroxylation is 1. The van der Waals surface area contributed by atoms with E-state index in [9.17, 15) is 4.79 Å². The molecule has 0 unspecified atom stereocenters. The highest BCUT2D eigenvalue weighted by atomic mass is 16.5. The second kappa shape index (κ2) is 10.1. The van der Waals surface area contributed by atoms with Crippen molar-refractivity contribution in [3.05, 3.63) is 106 Å². The number of esters is 1. The third-order valence-corrected chi connectivity index (χ3v) is 4.51. The van der Waals surface area contributed by atoms with Crippen LogP contribution in [0.3, 0.4) is 0 Å². The summed E-state index contributed by atoms with van der Waals surface area (Å²) >= 11 is 0. The molecule has 3 aromatic carbocycles. The van der Waals surface area contributed by atoms with E-state index in [1.54, 1.807) is 26.2 Å². The third-order valence-electron chi connectivity index (χ3n) is 4.51. The van der Waals surface area contributed by atoms with E-state index in [1.165, 1.54) is 5.56 Å². The molecule has 0 spiro atoms. The van der Waals surface area contributed by atoms with Gasteiger partial charge in [-0.15, -0.1) is 0 Å². The zero-order chi connectivity index (χ0) is 21.3. The molecule has 30 heavy (non-hydrogen) atoms. The number of benzene rings is 3. The summed E-state index contributed by atoms with van der Waals surface area (Å²) in [6.07, 6.45) is 2.02. The quantitative estimate of drug-likeness (QED) is 0.240. The minimum Gasteiger partial charge on any atom is -0.496 e. The van der Waals surface area contributed by atoms with Gasteiger partial charge in [0.1, 0.15) is 5.76 Å². The molecule has 0 N–H and O–H groups in total. The molecule has 0 aliphatic heterocycles. The van der Waals surface area contributed by atoms with Crippen molar-refractivity contribution in [1.82, 2.24) is 0 Å². The van der Waals surface area contributed by atoms with Crippen molar-refractivity contribution in [2.75, 3.05) is 13.7 Å². The summed E-state index contributed by atoms with van der Waals surface area (Å²) in [7, 11) is 1.67. The molecule has 0 aliphatic carbocycles. The van der Waals surface area contributed by atoms with Crippen LogP contribution in [0.2, 0.25) is 0 Å². The van der Waals surface area contributed by atoms with Crippen LogP contribution in [0.15, 0.2) is 72.8 Å². The maximum absolute atomic E-state index is 11.7. The summed E-state index contributed by atoms with van der Waals surface area (Å²) in [5.41, 5.74) is 5.57. The molecule has 3 rings (SSSR count). The number of ether oxygens (including phenoxy) is 2. The second-order valence-corrected chi connectivity index (χ2v) is 6.75. The van der Waals surface area contributed by atoms with Crippen LogP contribution >= 0.6 is 0 Å². The van der Waals surface area contributed by atoms with Gasteiger partial charge < -0.3 is 9.47 Å². The van der Waals surface area contributed by atoms with Gasteiger partial charge in [0.05, 0.1) is 19.3 Å². The number of carbonyl (C=O) groups is 1. The zero-order valence-corrected chi connectivity index (χ0v) is 17.4. The van der Waals surface area contributed by atoms with Crippen LogP contribution in [0, 0.1) is 18.8 Å². The fourth-order valence-corrected chi connectivity index (χ4v) is 2.84. The summed E-state index contributed by atoms with van der Waals surface area (Å²) in [5, 5.41) is 0. The molecule has 0 aliphatic rings. The summed E-state index contributed by atoms with van der Waals surface area (Å²) in [6, 6.07) is 23.3. The Morgan fingerprint density at radius 3 is 1.87 bits per heavy atom. The van der Waals surface area contributed by atoms with Crippen LogP contribution in [0.4, 0.5) is 0 Å². The highest BCUT2D eigenvalue weighted by molar-refractivity contribution is 5.89. The largest absolute Gasteiger partial charge is 0.496 e. The average Bonchev–Trinajstić information content (AvgIpc) is 2.78. The lowest BCUT2D eigenvalue weighted by atomic mass is 10.1. The van der Waals surface area contributed by atoms with Crippen LogP contribution < -0.4 is 0 Å². The Morgan fingerprint density at radius 1 is 0.833 bits per heavy atom. The van der Waals surface area contributed by atoms with Gasteiger partial charge in [-0.05, 0) is 61.9 Å². The maximum atomic E-state index is 11.7. The Labute approximate surface area is 178 Å². The monoisotopic (exact) mass is 396 g/mol. The Balaban J connectivity index is 1.73. The number of rotatable bonds is 5. The van der Waals surface area contributed by atoms with Crippen molar-refractivity contribution in [1.29, 1.82) is 0 Å². The molecule has 0 saturated carbocycles. The summed E-state index contributed by atoms with van der Waals surface area (Å²) in [6.45, 7) is 4.22. The molecule has 3 nitrogen and oxygen atoms in total. The van der Waals surface area contributed by atoms with E-state index in [0.717, 1.165) is 28.0 Å². The Hall–Kier alpha value is -3.77. The predicted molar refractivity (Wildman–Crippen MR) is 121 cm³/mol. The van der Waals surface area contributed by atoms with E-state index in [1.807, 2.05) is 42.5 Å². The van der Waals surface area contributed by atoms with E-state index in [0.29, 0.717) is 12.2 Å². The van der Waals surface area contributed by atoms with Crippen molar-refractivity contribution >= 4 is 17.8 Å². The minimum absolute atomic E-state index is 0.319. The number of hydrogen-bond acceptors (Lipinski definition) is 3. The average molecular weight is 396 g/mol. The normalized spacial score (nSPS) is 10.7. The lowest BCUT2D eigenvalue weighted by molar-refractivity contribution is 0.0526. The van der Waals surface area contributed by atoms with Gasteiger partial charge in [0.15, 0.2) is 0 Å².